The zero-order valence-corrected chi connectivity index (χ0v) is 21.7. The average Bonchev–Trinajstić information content (AvgIpc) is 2.84. The van der Waals surface area contributed by atoms with Crippen LogP contribution in [0.15, 0.2) is 54.6 Å². The van der Waals surface area contributed by atoms with Crippen LogP contribution in [0.1, 0.15) is 42.1 Å². The van der Waals surface area contributed by atoms with Gasteiger partial charge in [-0.2, -0.15) is 11.8 Å². The Hall–Kier alpha value is -2.45. The molecule has 0 saturated carbocycles. The number of nitrogens with zero attached hydrogens (tertiary/aromatic N) is 1. The number of anilines is 1. The summed E-state index contributed by atoms with van der Waals surface area (Å²) in [5.74, 6) is 0.332. The van der Waals surface area contributed by atoms with Crippen molar-refractivity contribution in [2.75, 3.05) is 30.5 Å². The van der Waals surface area contributed by atoms with E-state index < -0.39 is 17.9 Å². The van der Waals surface area contributed by atoms with Crippen molar-refractivity contribution in [2.45, 2.75) is 38.0 Å². The van der Waals surface area contributed by atoms with E-state index in [9.17, 15) is 19.5 Å². The third-order valence-electron chi connectivity index (χ3n) is 5.29. The molecule has 184 valence electrons. The SMILES string of the molecule is CC(CSC(=O)c1ccccc1)C(=O)N[C@@H](CCCCSCc1ccc(N(C)C)cc1)C(=O)O. The molecule has 0 saturated heterocycles. The molecule has 2 rings (SSSR count). The Morgan fingerprint density at radius 3 is 2.29 bits per heavy atom. The maximum Gasteiger partial charge on any atom is 0.326 e. The molecule has 0 bridgehead atoms. The lowest BCUT2D eigenvalue weighted by molar-refractivity contribution is -0.142. The number of carboxylic acid groups (broad SMARTS) is 1. The highest BCUT2D eigenvalue weighted by atomic mass is 32.2. The number of carbonyl (C=O) groups excluding carboxylic acids is 2. The van der Waals surface area contributed by atoms with Crippen LogP contribution in [0.4, 0.5) is 5.69 Å². The quantitative estimate of drug-likeness (QED) is 0.354. The highest BCUT2D eigenvalue weighted by molar-refractivity contribution is 8.14. The van der Waals surface area contributed by atoms with Crippen molar-refractivity contribution in [3.8, 4) is 0 Å². The smallest absolute Gasteiger partial charge is 0.326 e. The van der Waals surface area contributed by atoms with Gasteiger partial charge in [0.15, 0.2) is 0 Å². The van der Waals surface area contributed by atoms with E-state index in [4.69, 9.17) is 0 Å². The molecule has 0 radical (unpaired) electrons. The van der Waals surface area contributed by atoms with Crippen molar-refractivity contribution in [1.82, 2.24) is 5.32 Å². The summed E-state index contributed by atoms with van der Waals surface area (Å²) in [6, 6.07) is 16.5. The summed E-state index contributed by atoms with van der Waals surface area (Å²) in [5, 5.41) is 12.0. The minimum Gasteiger partial charge on any atom is -0.480 e. The Morgan fingerprint density at radius 1 is 1.00 bits per heavy atom. The Labute approximate surface area is 210 Å². The van der Waals surface area contributed by atoms with Crippen LogP contribution in [0.3, 0.4) is 0 Å². The molecule has 2 aromatic rings. The van der Waals surface area contributed by atoms with E-state index in [2.05, 4.69) is 34.5 Å². The molecule has 0 aliphatic heterocycles. The van der Waals surface area contributed by atoms with Crippen LogP contribution >= 0.6 is 23.5 Å². The molecule has 2 atom stereocenters. The molecule has 0 aromatic heterocycles. The molecular weight excluding hydrogens is 468 g/mol. The summed E-state index contributed by atoms with van der Waals surface area (Å²) >= 11 is 2.90. The monoisotopic (exact) mass is 502 g/mol. The maximum absolute atomic E-state index is 12.5. The molecule has 8 heteroatoms. The summed E-state index contributed by atoms with van der Waals surface area (Å²) in [6.07, 6.45) is 2.00. The van der Waals surface area contributed by atoms with Gasteiger partial charge in [-0.1, -0.05) is 61.2 Å². The lowest BCUT2D eigenvalue weighted by Crippen LogP contribution is -2.43. The van der Waals surface area contributed by atoms with Gasteiger partial charge < -0.3 is 15.3 Å². The van der Waals surface area contributed by atoms with E-state index in [0.717, 1.165) is 36.1 Å². The van der Waals surface area contributed by atoms with Crippen LogP contribution < -0.4 is 10.2 Å². The van der Waals surface area contributed by atoms with Crippen LogP contribution in [0.5, 0.6) is 0 Å². The van der Waals surface area contributed by atoms with Crippen molar-refractivity contribution in [3.05, 3.63) is 65.7 Å². The second-order valence-electron chi connectivity index (χ2n) is 8.37. The predicted molar refractivity (Wildman–Crippen MR) is 143 cm³/mol. The predicted octanol–water partition coefficient (Wildman–Crippen LogP) is 4.94. The van der Waals surface area contributed by atoms with Gasteiger partial charge >= 0.3 is 5.97 Å². The zero-order chi connectivity index (χ0) is 24.9. The summed E-state index contributed by atoms with van der Waals surface area (Å²) in [4.78, 5) is 38.3. The van der Waals surface area contributed by atoms with Crippen LogP contribution in [-0.2, 0) is 15.3 Å². The first kappa shape index (κ1) is 27.8. The minimum atomic E-state index is -1.03. The van der Waals surface area contributed by atoms with Gasteiger partial charge in [0.2, 0.25) is 11.0 Å². The van der Waals surface area contributed by atoms with Crippen molar-refractivity contribution < 1.29 is 19.5 Å². The zero-order valence-electron chi connectivity index (χ0n) is 20.0. The van der Waals surface area contributed by atoms with Crippen LogP contribution in [0.2, 0.25) is 0 Å². The molecule has 1 unspecified atom stereocenters. The van der Waals surface area contributed by atoms with Crippen LogP contribution in [-0.4, -0.2) is 53.7 Å². The summed E-state index contributed by atoms with van der Waals surface area (Å²) < 4.78 is 0. The Bertz CT molecular complexity index is 920. The molecule has 1 amide bonds. The fourth-order valence-corrected chi connectivity index (χ4v) is 4.97. The first-order chi connectivity index (χ1) is 16.3. The molecule has 6 nitrogen and oxygen atoms in total. The first-order valence-electron chi connectivity index (χ1n) is 11.4. The Morgan fingerprint density at radius 2 is 1.68 bits per heavy atom. The van der Waals surface area contributed by atoms with Crippen molar-refractivity contribution in [2.24, 2.45) is 5.92 Å². The van der Waals surface area contributed by atoms with E-state index in [-0.39, 0.29) is 11.0 Å². The van der Waals surface area contributed by atoms with E-state index in [1.165, 1.54) is 11.3 Å². The van der Waals surface area contributed by atoms with E-state index in [1.54, 1.807) is 31.2 Å². The second kappa shape index (κ2) is 14.7. The van der Waals surface area contributed by atoms with Crippen LogP contribution in [0.25, 0.3) is 0 Å². The summed E-state index contributed by atoms with van der Waals surface area (Å²) in [6.45, 7) is 1.71. The number of nitrogens with one attached hydrogen (secondary N) is 1. The van der Waals surface area contributed by atoms with Gasteiger partial charge in [0, 0.05) is 42.8 Å². The number of carboxylic acids is 1. The fraction of sp³-hybridized carbons (Fsp3) is 0.423. The number of thioether (sulfide) groups is 2. The van der Waals surface area contributed by atoms with Gasteiger partial charge in [-0.15, -0.1) is 0 Å². The molecule has 0 aliphatic carbocycles. The molecule has 34 heavy (non-hydrogen) atoms. The molecule has 2 N–H and O–H groups in total. The summed E-state index contributed by atoms with van der Waals surface area (Å²) in [5.41, 5.74) is 3.03. The first-order valence-corrected chi connectivity index (χ1v) is 13.5. The Balaban J connectivity index is 1.66. The second-order valence-corrected chi connectivity index (χ2v) is 10.5. The Kier molecular flexibility index (Phi) is 12.0. The van der Waals surface area contributed by atoms with E-state index in [1.807, 2.05) is 31.9 Å². The normalized spacial score (nSPS) is 12.6. The highest BCUT2D eigenvalue weighted by Crippen LogP contribution is 2.19. The number of unbranched alkanes of at least 4 members (excludes halogenated alkanes) is 1. The number of rotatable bonds is 14. The molecule has 0 fully saturated rings. The summed E-state index contributed by atoms with van der Waals surface area (Å²) in [7, 11) is 4.03. The van der Waals surface area contributed by atoms with Gasteiger partial charge in [0.25, 0.3) is 0 Å². The third-order valence-corrected chi connectivity index (χ3v) is 7.57. The minimum absolute atomic E-state index is 0.0961. The standard InChI is InChI=1S/C26H34N2O4S2/c1-19(17-34-26(32)21-9-5-4-6-10-21)24(29)27-23(25(30)31)11-7-8-16-33-18-20-12-14-22(15-13-20)28(2)3/h4-6,9-10,12-15,19,23H,7-8,11,16-18H2,1-3H3,(H,27,29)(H,30,31)/t19?,23-/m0/s1. The van der Waals surface area contributed by atoms with Crippen molar-refractivity contribution in [3.63, 3.8) is 0 Å². The van der Waals surface area contributed by atoms with Gasteiger partial charge in [-0.25, -0.2) is 4.79 Å². The van der Waals surface area contributed by atoms with E-state index in [0.29, 0.717) is 17.7 Å². The highest BCUT2D eigenvalue weighted by Gasteiger charge is 2.23. The topological polar surface area (TPSA) is 86.7 Å². The fourth-order valence-electron chi connectivity index (χ4n) is 3.14. The van der Waals surface area contributed by atoms with Crippen LogP contribution in [0, 0.1) is 5.92 Å². The number of amides is 1. The average molecular weight is 503 g/mol. The molecule has 0 spiro atoms. The van der Waals surface area contributed by atoms with Crippen molar-refractivity contribution in [1.29, 1.82) is 0 Å². The number of aliphatic carboxylic acids is 1. The molecule has 0 heterocycles. The maximum atomic E-state index is 12.5. The molecule has 2 aromatic carbocycles. The largest absolute Gasteiger partial charge is 0.480 e. The van der Waals surface area contributed by atoms with Gasteiger partial charge in [0.05, 0.1) is 0 Å². The van der Waals surface area contributed by atoms with Gasteiger partial charge in [-0.3, -0.25) is 9.59 Å². The van der Waals surface area contributed by atoms with Gasteiger partial charge in [0.1, 0.15) is 6.04 Å². The third kappa shape index (κ3) is 9.81. The van der Waals surface area contributed by atoms with E-state index >= 15 is 0 Å². The number of hydrogen-bond acceptors (Lipinski definition) is 6. The molecule has 0 aliphatic rings. The lowest BCUT2D eigenvalue weighted by Gasteiger charge is -2.17. The molecular formula is C26H34N2O4S2. The van der Waals surface area contributed by atoms with Gasteiger partial charge in [-0.05, 0) is 42.7 Å². The van der Waals surface area contributed by atoms with Crippen molar-refractivity contribution >= 4 is 46.2 Å². The number of hydrogen-bond donors (Lipinski definition) is 2. The number of carbonyl (C=O) groups is 3. The lowest BCUT2D eigenvalue weighted by atomic mass is 10.1. The number of benzene rings is 2.